The van der Waals surface area contributed by atoms with Gasteiger partial charge in [-0.05, 0) is 86.9 Å². The molecule has 1 aromatic heterocycles. The van der Waals surface area contributed by atoms with Crippen LogP contribution in [0, 0.1) is 0 Å². The lowest BCUT2D eigenvalue weighted by atomic mass is 9.87. The Bertz CT molecular complexity index is 1750. The van der Waals surface area contributed by atoms with E-state index in [9.17, 15) is 18.0 Å². The van der Waals surface area contributed by atoms with Crippen LogP contribution >= 0.6 is 23.2 Å². The summed E-state index contributed by atoms with van der Waals surface area (Å²) in [4.78, 5) is 17.9. The molecule has 3 aromatic carbocycles. The standard InChI is InChI=1S/C37H43Cl2F3N6O2/c1-43-36(12-15-44-16-13-36)35(49)45-14-3-17-48-25-30(27-7-9-28(10-8-27)50-37(40,41)42)29-22-26(6-11-34(29)48)23-46-18-20-47(21-19-46)24-31-32(38)4-2-5-33(31)39/h2,4-11,22,25,43-44H,3,12-21,23-24H2,1H3,(H,45,49). The molecule has 2 aliphatic heterocycles. The van der Waals surface area contributed by atoms with Crippen LogP contribution in [0.3, 0.4) is 0 Å². The number of carbonyl (C=O) groups excluding carboxylic acids is 1. The van der Waals surface area contributed by atoms with Crippen LogP contribution in [-0.2, 0) is 24.4 Å². The van der Waals surface area contributed by atoms with E-state index >= 15 is 0 Å². The lowest BCUT2D eigenvalue weighted by molar-refractivity contribution is -0.274. The zero-order valence-corrected chi connectivity index (χ0v) is 29.6. The van der Waals surface area contributed by atoms with Gasteiger partial charge in [0.05, 0.1) is 5.54 Å². The van der Waals surface area contributed by atoms with Gasteiger partial charge < -0.3 is 25.3 Å². The minimum atomic E-state index is -4.75. The molecule has 0 spiro atoms. The zero-order valence-electron chi connectivity index (χ0n) is 28.1. The SMILES string of the molecule is CNC1(C(=O)NCCCn2cc(-c3ccc(OC(F)(F)F)cc3)c3cc(CN4CCN(Cc5c(Cl)cccc5Cl)CC4)ccc32)CCNCC1. The van der Waals surface area contributed by atoms with Crippen LogP contribution in [0.25, 0.3) is 22.0 Å². The van der Waals surface area contributed by atoms with E-state index in [0.717, 1.165) is 98.2 Å². The van der Waals surface area contributed by atoms with Crippen molar-refractivity contribution < 1.29 is 22.7 Å². The molecule has 13 heteroatoms. The van der Waals surface area contributed by atoms with Crippen molar-refractivity contribution in [1.82, 2.24) is 30.3 Å². The second kappa shape index (κ2) is 15.9. The number of halogens is 5. The largest absolute Gasteiger partial charge is 0.573 e. The highest BCUT2D eigenvalue weighted by molar-refractivity contribution is 6.36. The van der Waals surface area contributed by atoms with Gasteiger partial charge >= 0.3 is 6.36 Å². The third-order valence-electron chi connectivity index (χ3n) is 9.89. The predicted octanol–water partition coefficient (Wildman–Crippen LogP) is 6.68. The maximum absolute atomic E-state index is 13.1. The lowest BCUT2D eigenvalue weighted by Crippen LogP contribution is -2.60. The van der Waals surface area contributed by atoms with Crippen molar-refractivity contribution in [2.75, 3.05) is 52.9 Å². The van der Waals surface area contributed by atoms with Crippen molar-refractivity contribution in [2.45, 2.75) is 50.8 Å². The number of ether oxygens (including phenoxy) is 1. The van der Waals surface area contributed by atoms with Crippen molar-refractivity contribution in [1.29, 1.82) is 0 Å². The Kier molecular flexibility index (Phi) is 11.6. The number of carbonyl (C=O) groups is 1. The predicted molar refractivity (Wildman–Crippen MR) is 193 cm³/mol. The Balaban J connectivity index is 1.15. The van der Waals surface area contributed by atoms with E-state index in [1.54, 1.807) is 12.1 Å². The molecule has 2 saturated heterocycles. The molecule has 3 heterocycles. The first kappa shape index (κ1) is 36.5. The van der Waals surface area contributed by atoms with Gasteiger partial charge in [0.15, 0.2) is 0 Å². The molecule has 0 radical (unpaired) electrons. The molecule has 268 valence electrons. The fourth-order valence-electron chi connectivity index (χ4n) is 7.03. The van der Waals surface area contributed by atoms with E-state index < -0.39 is 11.9 Å². The number of aromatic nitrogens is 1. The van der Waals surface area contributed by atoms with Gasteiger partial charge in [-0.1, -0.05) is 47.5 Å². The first-order chi connectivity index (χ1) is 24.0. The van der Waals surface area contributed by atoms with E-state index in [0.29, 0.717) is 29.7 Å². The van der Waals surface area contributed by atoms with Crippen molar-refractivity contribution in [3.8, 4) is 16.9 Å². The van der Waals surface area contributed by atoms with Gasteiger partial charge in [0, 0.05) is 90.6 Å². The van der Waals surface area contributed by atoms with Crippen LogP contribution in [0.15, 0.2) is 66.9 Å². The van der Waals surface area contributed by atoms with Crippen LogP contribution < -0.4 is 20.7 Å². The summed E-state index contributed by atoms with van der Waals surface area (Å²) in [7, 11) is 1.84. The van der Waals surface area contributed by atoms with Crippen molar-refractivity contribution in [3.63, 3.8) is 0 Å². The summed E-state index contributed by atoms with van der Waals surface area (Å²) in [6, 6.07) is 18.1. The highest BCUT2D eigenvalue weighted by Gasteiger charge is 2.37. The van der Waals surface area contributed by atoms with E-state index in [2.05, 4.69) is 59.5 Å². The van der Waals surface area contributed by atoms with Gasteiger partial charge in [-0.2, -0.15) is 0 Å². The Morgan fingerprint density at radius 2 is 1.60 bits per heavy atom. The second-order valence-corrected chi connectivity index (χ2v) is 13.9. The van der Waals surface area contributed by atoms with Gasteiger partial charge in [-0.25, -0.2) is 0 Å². The maximum Gasteiger partial charge on any atom is 0.573 e. The number of nitrogens with zero attached hydrogens (tertiary/aromatic N) is 3. The highest BCUT2D eigenvalue weighted by Crippen LogP contribution is 2.34. The molecular weight excluding hydrogens is 688 g/mol. The number of fused-ring (bicyclic) bond motifs is 1. The third-order valence-corrected chi connectivity index (χ3v) is 10.6. The summed E-state index contributed by atoms with van der Waals surface area (Å²) < 4.78 is 44.8. The van der Waals surface area contributed by atoms with Gasteiger partial charge in [-0.15, -0.1) is 13.2 Å². The molecule has 0 aliphatic carbocycles. The summed E-state index contributed by atoms with van der Waals surface area (Å²) in [6.07, 6.45) is -0.505. The summed E-state index contributed by atoms with van der Waals surface area (Å²) in [6.45, 7) is 7.84. The number of piperazine rings is 1. The van der Waals surface area contributed by atoms with Gasteiger partial charge in [0.2, 0.25) is 5.91 Å². The van der Waals surface area contributed by atoms with Crippen molar-refractivity contribution >= 4 is 40.0 Å². The number of piperidine rings is 1. The van der Waals surface area contributed by atoms with E-state index in [1.165, 1.54) is 12.1 Å². The van der Waals surface area contributed by atoms with Crippen LogP contribution in [0.1, 0.15) is 30.4 Å². The summed E-state index contributed by atoms with van der Waals surface area (Å²) >= 11 is 12.8. The van der Waals surface area contributed by atoms with E-state index in [-0.39, 0.29) is 11.7 Å². The number of amides is 1. The van der Waals surface area contributed by atoms with Crippen LogP contribution in [0.4, 0.5) is 13.2 Å². The molecule has 3 N–H and O–H groups in total. The average molecular weight is 732 g/mol. The summed E-state index contributed by atoms with van der Waals surface area (Å²) in [5.41, 5.74) is 4.31. The Hall–Kier alpha value is -3.32. The highest BCUT2D eigenvalue weighted by atomic mass is 35.5. The number of alkyl halides is 3. The fraction of sp³-hybridized carbons (Fsp3) is 0.432. The molecule has 0 bridgehead atoms. The first-order valence-corrected chi connectivity index (χ1v) is 17.8. The number of hydrogen-bond acceptors (Lipinski definition) is 6. The molecule has 0 unspecified atom stereocenters. The number of hydrogen-bond donors (Lipinski definition) is 3. The molecule has 2 fully saturated rings. The molecule has 50 heavy (non-hydrogen) atoms. The minimum absolute atomic E-state index is 0.0267. The number of rotatable bonds is 12. The van der Waals surface area contributed by atoms with Gasteiger partial charge in [-0.3, -0.25) is 14.6 Å². The number of likely N-dealkylation sites (N-methyl/N-ethyl adjacent to an activating group) is 1. The first-order valence-electron chi connectivity index (χ1n) is 17.1. The molecule has 0 atom stereocenters. The fourth-order valence-corrected chi connectivity index (χ4v) is 7.55. The van der Waals surface area contributed by atoms with Crippen molar-refractivity contribution in [3.05, 3.63) is 88.0 Å². The molecule has 0 saturated carbocycles. The third kappa shape index (κ3) is 8.75. The molecule has 2 aliphatic rings. The minimum Gasteiger partial charge on any atom is -0.406 e. The number of nitrogens with one attached hydrogen (secondary N) is 3. The molecule has 1 amide bonds. The van der Waals surface area contributed by atoms with Crippen LogP contribution in [0.5, 0.6) is 5.75 Å². The Labute approximate surface area is 300 Å². The maximum atomic E-state index is 13.1. The van der Waals surface area contributed by atoms with E-state index in [4.69, 9.17) is 23.2 Å². The van der Waals surface area contributed by atoms with E-state index in [1.807, 2.05) is 25.2 Å². The lowest BCUT2D eigenvalue weighted by Gasteiger charge is -2.35. The van der Waals surface area contributed by atoms with Gasteiger partial charge in [0.25, 0.3) is 0 Å². The Morgan fingerprint density at radius 1 is 0.940 bits per heavy atom. The summed E-state index contributed by atoms with van der Waals surface area (Å²) in [5, 5.41) is 12.1. The summed E-state index contributed by atoms with van der Waals surface area (Å²) in [5.74, 6) is -0.232. The topological polar surface area (TPSA) is 73.8 Å². The number of benzene rings is 3. The Morgan fingerprint density at radius 3 is 2.24 bits per heavy atom. The molecule has 4 aromatic rings. The van der Waals surface area contributed by atoms with Crippen LogP contribution in [-0.4, -0.2) is 85.0 Å². The van der Waals surface area contributed by atoms with Crippen LogP contribution in [0.2, 0.25) is 10.0 Å². The normalized spacial score (nSPS) is 17.2. The zero-order chi connectivity index (χ0) is 35.3. The second-order valence-electron chi connectivity index (χ2n) is 13.1. The molecule has 6 rings (SSSR count). The monoisotopic (exact) mass is 730 g/mol. The quantitative estimate of drug-likeness (QED) is 0.141. The van der Waals surface area contributed by atoms with Gasteiger partial charge in [0.1, 0.15) is 5.75 Å². The number of aryl methyl sites for hydroxylation is 1. The molecular formula is C37H43Cl2F3N6O2. The average Bonchev–Trinajstić information content (AvgIpc) is 3.46. The molecule has 8 nitrogen and oxygen atoms in total. The smallest absolute Gasteiger partial charge is 0.406 e. The van der Waals surface area contributed by atoms with Crippen molar-refractivity contribution in [2.24, 2.45) is 0 Å².